The molecule has 0 spiro atoms. The van der Waals surface area contributed by atoms with Gasteiger partial charge < -0.3 is 0 Å². The van der Waals surface area contributed by atoms with E-state index in [1.165, 1.54) is 6.92 Å². The lowest BCUT2D eigenvalue weighted by Gasteiger charge is -2.53. The van der Waals surface area contributed by atoms with Gasteiger partial charge in [0.25, 0.3) is 5.92 Å². The summed E-state index contributed by atoms with van der Waals surface area (Å²) >= 11 is 0. The third-order valence-electron chi connectivity index (χ3n) is 3.99. The van der Waals surface area contributed by atoms with Crippen molar-refractivity contribution in [2.45, 2.75) is 66.7 Å². The molecule has 0 aromatic heterocycles. The zero-order valence-corrected chi connectivity index (χ0v) is 12.1. The largest absolute Gasteiger partial charge is 0.274 e. The van der Waals surface area contributed by atoms with Gasteiger partial charge in [-0.25, -0.2) is 8.78 Å². The van der Waals surface area contributed by atoms with Gasteiger partial charge in [0.05, 0.1) is 0 Å². The van der Waals surface area contributed by atoms with Crippen molar-refractivity contribution < 1.29 is 8.78 Å². The number of allylic oxidation sites excluding steroid dienone is 1. The summed E-state index contributed by atoms with van der Waals surface area (Å²) in [6.07, 6.45) is 2.12. The van der Waals surface area contributed by atoms with Gasteiger partial charge >= 0.3 is 0 Å². The van der Waals surface area contributed by atoms with E-state index in [4.69, 9.17) is 0 Å². The fourth-order valence-electron chi connectivity index (χ4n) is 4.33. The van der Waals surface area contributed by atoms with Crippen molar-refractivity contribution in [3.8, 4) is 0 Å². The Morgan fingerprint density at radius 2 is 1.29 bits per heavy atom. The highest BCUT2D eigenvalue weighted by molar-refractivity contribution is 5.14. The van der Waals surface area contributed by atoms with Crippen LogP contribution in [0.15, 0.2) is 12.2 Å². The van der Waals surface area contributed by atoms with E-state index < -0.39 is 11.3 Å². The monoisotopic (exact) mass is 244 g/mol. The maximum absolute atomic E-state index is 14.4. The van der Waals surface area contributed by atoms with Crippen molar-refractivity contribution in [2.24, 2.45) is 16.2 Å². The molecule has 1 saturated carbocycles. The Balaban J connectivity index is 3.16. The highest BCUT2D eigenvalue weighted by Gasteiger charge is 2.57. The molecule has 0 atom stereocenters. The van der Waals surface area contributed by atoms with Crippen LogP contribution in [-0.2, 0) is 0 Å². The molecule has 0 heterocycles. The summed E-state index contributed by atoms with van der Waals surface area (Å²) in [5, 5.41) is 0. The lowest BCUT2D eigenvalue weighted by atomic mass is 9.53. The zero-order chi connectivity index (χ0) is 13.7. The average molecular weight is 244 g/mol. The fourth-order valence-corrected chi connectivity index (χ4v) is 4.33. The molecule has 0 aromatic carbocycles. The highest BCUT2D eigenvalue weighted by Crippen LogP contribution is 2.60. The second kappa shape index (κ2) is 3.80. The summed E-state index contributed by atoms with van der Waals surface area (Å²) in [7, 11) is 0. The summed E-state index contributed by atoms with van der Waals surface area (Å²) in [6.45, 7) is 15.1. The molecule has 0 N–H and O–H groups in total. The van der Waals surface area contributed by atoms with E-state index in [0.29, 0.717) is 12.8 Å². The van der Waals surface area contributed by atoms with Crippen molar-refractivity contribution >= 4 is 0 Å². The van der Waals surface area contributed by atoms with E-state index in [1.807, 2.05) is 0 Å². The summed E-state index contributed by atoms with van der Waals surface area (Å²) in [4.78, 5) is 0. The van der Waals surface area contributed by atoms with Crippen LogP contribution in [0, 0.1) is 16.2 Å². The zero-order valence-electron chi connectivity index (χ0n) is 12.1. The Hall–Kier alpha value is -0.400. The van der Waals surface area contributed by atoms with E-state index in [2.05, 4.69) is 34.3 Å². The highest BCUT2D eigenvalue weighted by atomic mass is 19.3. The molecule has 100 valence electrons. The SMILES string of the molecule is C=C(C)C(F)(F)C1(C)CC(C)(C)CC(C)(C)C1. The van der Waals surface area contributed by atoms with Crippen molar-refractivity contribution in [3.63, 3.8) is 0 Å². The average Bonchev–Trinajstić information content (AvgIpc) is 1.95. The van der Waals surface area contributed by atoms with E-state index in [1.54, 1.807) is 6.92 Å². The van der Waals surface area contributed by atoms with Gasteiger partial charge in [-0.1, -0.05) is 41.2 Å². The summed E-state index contributed by atoms with van der Waals surface area (Å²) in [5.74, 6) is -2.78. The van der Waals surface area contributed by atoms with E-state index >= 15 is 0 Å². The molecule has 0 nitrogen and oxygen atoms in total. The molecule has 0 unspecified atom stereocenters. The van der Waals surface area contributed by atoms with Crippen LogP contribution in [0.2, 0.25) is 0 Å². The molecular formula is C15H26F2. The maximum Gasteiger partial charge on any atom is 0.274 e. The van der Waals surface area contributed by atoms with Crippen LogP contribution >= 0.6 is 0 Å². The Kier molecular flexibility index (Phi) is 3.27. The summed E-state index contributed by atoms with van der Waals surface area (Å²) in [5.41, 5.74) is -1.04. The van der Waals surface area contributed by atoms with Crippen LogP contribution in [0.25, 0.3) is 0 Å². The van der Waals surface area contributed by atoms with Gasteiger partial charge in [-0.3, -0.25) is 0 Å². The van der Waals surface area contributed by atoms with Crippen molar-refractivity contribution in [1.82, 2.24) is 0 Å². The Labute approximate surface area is 104 Å². The molecule has 1 aliphatic rings. The molecule has 0 amide bonds. The molecule has 0 radical (unpaired) electrons. The third-order valence-corrected chi connectivity index (χ3v) is 3.99. The first-order valence-corrected chi connectivity index (χ1v) is 6.35. The first kappa shape index (κ1) is 14.7. The molecule has 0 aliphatic heterocycles. The lowest BCUT2D eigenvalue weighted by molar-refractivity contribution is -0.145. The maximum atomic E-state index is 14.4. The van der Waals surface area contributed by atoms with Crippen molar-refractivity contribution in [3.05, 3.63) is 12.2 Å². The van der Waals surface area contributed by atoms with Gasteiger partial charge in [-0.15, -0.1) is 0 Å². The van der Waals surface area contributed by atoms with Crippen LogP contribution in [0.5, 0.6) is 0 Å². The van der Waals surface area contributed by atoms with E-state index in [-0.39, 0.29) is 16.4 Å². The molecule has 2 heteroatoms. The predicted octanol–water partition coefficient (Wildman–Crippen LogP) is 5.44. The predicted molar refractivity (Wildman–Crippen MR) is 69.3 cm³/mol. The minimum atomic E-state index is -2.78. The molecule has 1 aliphatic carbocycles. The third kappa shape index (κ3) is 2.71. The van der Waals surface area contributed by atoms with Crippen LogP contribution in [-0.4, -0.2) is 5.92 Å². The van der Waals surface area contributed by atoms with Gasteiger partial charge in [0.2, 0.25) is 0 Å². The molecule has 0 bridgehead atoms. The quantitative estimate of drug-likeness (QED) is 0.567. The molecule has 1 rings (SSSR count). The Morgan fingerprint density at radius 3 is 1.59 bits per heavy atom. The van der Waals surface area contributed by atoms with Crippen LogP contribution in [0.1, 0.15) is 60.8 Å². The standard InChI is InChI=1S/C15H26F2/c1-11(2)15(16,17)14(7)9-12(3,4)8-13(5,6)10-14/h1,8-10H2,2-7H3. The van der Waals surface area contributed by atoms with Crippen LogP contribution in [0.4, 0.5) is 8.78 Å². The van der Waals surface area contributed by atoms with Gasteiger partial charge in [0, 0.05) is 5.41 Å². The molecule has 1 fully saturated rings. The lowest BCUT2D eigenvalue weighted by Crippen LogP contribution is -2.50. The number of halogens is 2. The Morgan fingerprint density at radius 1 is 0.941 bits per heavy atom. The van der Waals surface area contributed by atoms with E-state index in [9.17, 15) is 8.78 Å². The van der Waals surface area contributed by atoms with Crippen LogP contribution < -0.4 is 0 Å². The smallest absolute Gasteiger partial charge is 0.201 e. The minimum Gasteiger partial charge on any atom is -0.201 e. The first-order valence-electron chi connectivity index (χ1n) is 6.35. The number of rotatable bonds is 2. The molecule has 0 saturated heterocycles. The summed E-state index contributed by atoms with van der Waals surface area (Å²) < 4.78 is 28.8. The van der Waals surface area contributed by atoms with Gasteiger partial charge in [0.1, 0.15) is 0 Å². The normalized spacial score (nSPS) is 26.6. The second-order valence-corrected chi connectivity index (χ2v) is 7.77. The van der Waals surface area contributed by atoms with E-state index in [0.717, 1.165) is 6.42 Å². The number of hydrogen-bond donors (Lipinski definition) is 0. The van der Waals surface area contributed by atoms with Gasteiger partial charge in [-0.2, -0.15) is 0 Å². The second-order valence-electron chi connectivity index (χ2n) is 7.77. The molecule has 17 heavy (non-hydrogen) atoms. The van der Waals surface area contributed by atoms with Gasteiger partial charge in [0.15, 0.2) is 0 Å². The van der Waals surface area contributed by atoms with Crippen molar-refractivity contribution in [1.29, 1.82) is 0 Å². The first-order chi connectivity index (χ1) is 7.31. The molecule has 0 aromatic rings. The fraction of sp³-hybridized carbons (Fsp3) is 0.867. The van der Waals surface area contributed by atoms with Crippen LogP contribution in [0.3, 0.4) is 0 Å². The topological polar surface area (TPSA) is 0 Å². The Bertz CT molecular complexity index is 308. The summed E-state index contributed by atoms with van der Waals surface area (Å²) in [6, 6.07) is 0. The minimum absolute atomic E-state index is 0.00602. The molecular weight excluding hydrogens is 218 g/mol. The van der Waals surface area contributed by atoms with Crippen molar-refractivity contribution in [2.75, 3.05) is 0 Å². The number of hydrogen-bond acceptors (Lipinski definition) is 0. The van der Waals surface area contributed by atoms with Gasteiger partial charge in [-0.05, 0) is 42.6 Å². The number of alkyl halides is 2.